The number of carbonyl (C=O) groups is 3. The molecule has 1 atom stereocenters. The Morgan fingerprint density at radius 3 is 2.57 bits per heavy atom. The molecular weight excluding hydrogens is 638 g/mol. The summed E-state index contributed by atoms with van der Waals surface area (Å²) in [5, 5.41) is 2.33. The molecule has 2 saturated carbocycles. The van der Waals surface area contributed by atoms with E-state index in [4.69, 9.17) is 45.8 Å². The van der Waals surface area contributed by atoms with Crippen LogP contribution in [0.2, 0.25) is 5.28 Å². The molecule has 47 heavy (non-hydrogen) atoms. The molecule has 3 heterocycles. The molecule has 2 bridgehead atoms. The zero-order chi connectivity index (χ0) is 34.0. The number of ether oxygens (including phenoxy) is 4. The minimum Gasteiger partial charge on any atom is -0.461 e. The maximum Gasteiger partial charge on any atom is 0.519 e. The number of halogens is 1. The molecule has 3 aromatic heterocycles. The van der Waals surface area contributed by atoms with Gasteiger partial charge in [0.2, 0.25) is 5.28 Å². The molecule has 0 saturated heterocycles. The first-order valence-corrected chi connectivity index (χ1v) is 15.5. The predicted octanol–water partition coefficient (Wildman–Crippen LogP) is 4.33. The summed E-state index contributed by atoms with van der Waals surface area (Å²) in [5.74, 6) is 1.64. The van der Waals surface area contributed by atoms with Crippen molar-refractivity contribution in [1.82, 2.24) is 19.5 Å². The number of hydrogen-bond donors (Lipinski definition) is 1. The molecule has 2 aliphatic carbocycles. The van der Waals surface area contributed by atoms with Crippen LogP contribution in [0.15, 0.2) is 20.0 Å². The number of aryl methyl sites for hydroxylation is 2. The first-order valence-electron chi connectivity index (χ1n) is 15.1. The van der Waals surface area contributed by atoms with Gasteiger partial charge in [-0.25, -0.2) is 14.6 Å². The number of methoxy groups -OCH3 is 1. The Morgan fingerprint density at radius 2 is 1.96 bits per heavy atom. The van der Waals surface area contributed by atoms with Gasteiger partial charge in [-0.3, -0.25) is 14.9 Å². The number of rotatable bonds is 13. The predicted molar refractivity (Wildman–Crippen MR) is 164 cm³/mol. The largest absolute Gasteiger partial charge is 0.519 e. The van der Waals surface area contributed by atoms with E-state index in [1.165, 1.54) is 34.2 Å². The van der Waals surface area contributed by atoms with Gasteiger partial charge in [0.25, 0.3) is 0 Å². The van der Waals surface area contributed by atoms with Crippen molar-refractivity contribution in [2.75, 3.05) is 19.0 Å². The molecule has 0 aliphatic heterocycles. The fourth-order valence-corrected chi connectivity index (χ4v) is 6.31. The Balaban J connectivity index is 1.19. The van der Waals surface area contributed by atoms with Crippen molar-refractivity contribution in [1.29, 1.82) is 0 Å². The van der Waals surface area contributed by atoms with Crippen molar-refractivity contribution in [2.45, 2.75) is 90.1 Å². The molecule has 1 N–H and O–H groups in total. The van der Waals surface area contributed by atoms with Crippen LogP contribution in [0.1, 0.15) is 70.3 Å². The third kappa shape index (κ3) is 7.60. The molecule has 0 spiro atoms. The van der Waals surface area contributed by atoms with E-state index >= 15 is 0 Å². The van der Waals surface area contributed by atoms with Gasteiger partial charge in [-0.1, -0.05) is 5.92 Å². The number of carbonyl (C=O) groups excluding carboxylic acids is 3. The van der Waals surface area contributed by atoms with Gasteiger partial charge >= 0.3 is 23.9 Å². The van der Waals surface area contributed by atoms with E-state index in [1.807, 2.05) is 0 Å². The van der Waals surface area contributed by atoms with E-state index in [1.54, 1.807) is 4.57 Å². The number of esters is 2. The molecule has 1 amide bonds. The van der Waals surface area contributed by atoms with Gasteiger partial charge in [0.15, 0.2) is 40.7 Å². The number of terminal acetylenes is 1. The minimum atomic E-state index is -1.30. The second-order valence-electron chi connectivity index (χ2n) is 12.6. The van der Waals surface area contributed by atoms with Gasteiger partial charge in [0.1, 0.15) is 12.2 Å². The molecule has 3 aromatic rings. The molecule has 252 valence electrons. The van der Waals surface area contributed by atoms with Gasteiger partial charge in [0.05, 0.1) is 18.2 Å². The van der Waals surface area contributed by atoms with Crippen LogP contribution >= 0.6 is 11.6 Å². The Kier molecular flexibility index (Phi) is 9.65. The summed E-state index contributed by atoms with van der Waals surface area (Å²) in [7, 11) is 1.46. The fourth-order valence-electron chi connectivity index (χ4n) is 6.15. The summed E-state index contributed by atoms with van der Waals surface area (Å²) in [6.45, 7) is 4.35. The van der Waals surface area contributed by atoms with Gasteiger partial charge < -0.3 is 32.3 Å². The topological polar surface area (TPSA) is 187 Å². The van der Waals surface area contributed by atoms with Crippen molar-refractivity contribution >= 4 is 46.6 Å². The van der Waals surface area contributed by atoms with Crippen molar-refractivity contribution < 1.29 is 42.2 Å². The number of imidazole rings is 1. The summed E-state index contributed by atoms with van der Waals surface area (Å²) in [5.41, 5.74) is -2.39. The Morgan fingerprint density at radius 1 is 1.21 bits per heavy atom. The number of anilines is 1. The van der Waals surface area contributed by atoms with Crippen LogP contribution in [-0.4, -0.2) is 62.5 Å². The first kappa shape index (κ1) is 33.9. The Bertz CT molecular complexity index is 1760. The van der Waals surface area contributed by atoms with Crippen molar-refractivity contribution in [3.8, 4) is 12.3 Å². The first-order chi connectivity index (χ1) is 22.3. The maximum absolute atomic E-state index is 13.0. The average molecular weight is 674 g/mol. The monoisotopic (exact) mass is 673 g/mol. The highest BCUT2D eigenvalue weighted by atomic mass is 35.5. The zero-order valence-electron chi connectivity index (χ0n) is 26.6. The number of nitrogens with zero attached hydrogens (tertiary/aromatic N) is 4. The summed E-state index contributed by atoms with van der Waals surface area (Å²) in [4.78, 5) is 62.1. The third-order valence-electron chi connectivity index (χ3n) is 8.82. The van der Waals surface area contributed by atoms with Crippen LogP contribution in [0.3, 0.4) is 0 Å². The minimum absolute atomic E-state index is 0.0258. The molecule has 2 fully saturated rings. The van der Waals surface area contributed by atoms with Gasteiger partial charge in [-0.05, 0) is 70.4 Å². The lowest BCUT2D eigenvalue weighted by atomic mass is 9.84. The second-order valence-corrected chi connectivity index (χ2v) is 12.9. The molecular formula is C31H36ClN5O10. The highest BCUT2D eigenvalue weighted by Crippen LogP contribution is 2.54. The molecule has 2 aliphatic rings. The highest BCUT2D eigenvalue weighted by Gasteiger charge is 2.51. The molecule has 0 radical (unpaired) electrons. The average Bonchev–Trinajstić information content (AvgIpc) is 3.80. The summed E-state index contributed by atoms with van der Waals surface area (Å²) in [6, 6.07) is 0. The van der Waals surface area contributed by atoms with Crippen LogP contribution in [-0.2, 0) is 41.7 Å². The Labute approximate surface area is 274 Å². The summed E-state index contributed by atoms with van der Waals surface area (Å²) < 4.78 is 33.2. The summed E-state index contributed by atoms with van der Waals surface area (Å²) >= 11 is 6.19. The number of fused-ring (bicyclic) bond motifs is 3. The number of hydrogen-bond acceptors (Lipinski definition) is 13. The lowest BCUT2D eigenvalue weighted by Gasteiger charge is -2.30. The number of nitrogens with one attached hydrogen (secondary N) is 1. The second kappa shape index (κ2) is 13.4. The Hall–Kier alpha value is -4.42. The standard InChI is InChI=1S/C31H36ClN5O10/c1-6-31(42-5,16-44-25(39)30-9-7-19(13-30)8-10-30)11-12-37-17-33-22-23(34-26(32)36-24(22)37)35-27(40)47-29(3,4)14-21(38)43-15-20-18(2)45-28(41)46-20/h1,17,19H,7-16H2,2-5H3,(H,34,35,36,40). The van der Waals surface area contributed by atoms with Gasteiger partial charge in [-0.2, -0.15) is 9.97 Å². The lowest BCUT2D eigenvalue weighted by Crippen LogP contribution is -2.40. The maximum atomic E-state index is 13.0. The van der Waals surface area contributed by atoms with Gasteiger partial charge in [-0.15, -0.1) is 6.42 Å². The third-order valence-corrected chi connectivity index (χ3v) is 8.99. The highest BCUT2D eigenvalue weighted by molar-refractivity contribution is 6.28. The lowest BCUT2D eigenvalue weighted by molar-refractivity contribution is -0.162. The van der Waals surface area contributed by atoms with Gasteiger partial charge in [0, 0.05) is 20.1 Å². The molecule has 1 unspecified atom stereocenters. The smallest absolute Gasteiger partial charge is 0.461 e. The van der Waals surface area contributed by atoms with E-state index in [9.17, 15) is 19.2 Å². The number of aromatic nitrogens is 4. The van der Waals surface area contributed by atoms with E-state index in [2.05, 4.69) is 26.2 Å². The van der Waals surface area contributed by atoms with E-state index in [0.29, 0.717) is 11.6 Å². The molecule has 16 heteroatoms. The van der Waals surface area contributed by atoms with Crippen LogP contribution < -0.4 is 11.1 Å². The SMILES string of the molecule is C#CC(CCn1cnc2c(NC(=O)OC(C)(C)CC(=O)OCc3oc(=O)oc3C)nc(Cl)nc21)(COC(=O)C12CCC(CC1)C2)OC. The van der Waals surface area contributed by atoms with Crippen LogP contribution in [0.5, 0.6) is 0 Å². The summed E-state index contributed by atoms with van der Waals surface area (Å²) in [6.07, 6.45) is 11.0. The van der Waals surface area contributed by atoms with Crippen molar-refractivity contribution in [3.63, 3.8) is 0 Å². The van der Waals surface area contributed by atoms with Crippen molar-refractivity contribution in [3.05, 3.63) is 33.7 Å². The van der Waals surface area contributed by atoms with Crippen LogP contribution in [0.25, 0.3) is 11.2 Å². The van der Waals surface area contributed by atoms with Crippen LogP contribution in [0.4, 0.5) is 10.6 Å². The van der Waals surface area contributed by atoms with E-state index < -0.39 is 34.5 Å². The van der Waals surface area contributed by atoms with E-state index in [-0.39, 0.29) is 66.7 Å². The molecule has 5 rings (SSSR count). The van der Waals surface area contributed by atoms with E-state index in [0.717, 1.165) is 32.1 Å². The quantitative estimate of drug-likeness (QED) is 0.117. The van der Waals surface area contributed by atoms with Crippen molar-refractivity contribution in [2.24, 2.45) is 11.3 Å². The fraction of sp³-hybridized carbons (Fsp3) is 0.581. The molecule has 0 aromatic carbocycles. The van der Waals surface area contributed by atoms with Crippen LogP contribution in [0, 0.1) is 30.6 Å². The zero-order valence-corrected chi connectivity index (χ0v) is 27.3. The molecule has 15 nitrogen and oxygen atoms in total. The number of amides is 1. The normalized spacial score (nSPS) is 20.0.